The normalized spacial score (nSPS) is 32.1. The number of hydrogen-bond donors (Lipinski definition) is 1. The maximum atomic E-state index is 9.06. The predicted molar refractivity (Wildman–Crippen MR) is 54.8 cm³/mol. The minimum atomic E-state index is -0.307. The topological polar surface area (TPSA) is 62.0 Å². The fourth-order valence-corrected chi connectivity index (χ4v) is 2.27. The van der Waals surface area contributed by atoms with Crippen LogP contribution in [0.4, 0.5) is 5.69 Å². The first kappa shape index (κ1) is 8.72. The first-order chi connectivity index (χ1) is 7.26. The zero-order valence-electron chi connectivity index (χ0n) is 8.23. The molecule has 0 saturated carbocycles. The van der Waals surface area contributed by atoms with Crippen molar-refractivity contribution < 1.29 is 4.74 Å². The molecule has 2 N–H and O–H groups in total. The monoisotopic (exact) mass is 201 g/mol. The summed E-state index contributed by atoms with van der Waals surface area (Å²) in [6.45, 7) is 2.59. The van der Waals surface area contributed by atoms with Crippen molar-refractivity contribution in [3.8, 4) is 6.07 Å². The molecule has 0 aliphatic carbocycles. The van der Waals surface area contributed by atoms with Crippen LogP contribution >= 0.6 is 0 Å². The largest absolute Gasteiger partial charge is 0.399 e. The smallest absolute Gasteiger partial charge is 0.162 e. The van der Waals surface area contributed by atoms with Crippen molar-refractivity contribution in [3.63, 3.8) is 0 Å². The zero-order valence-corrected chi connectivity index (χ0v) is 8.23. The highest BCUT2D eigenvalue weighted by molar-refractivity contribution is 5.53. The van der Waals surface area contributed by atoms with E-state index < -0.39 is 0 Å². The molecule has 0 amide bonds. The first-order valence-electron chi connectivity index (χ1n) is 4.95. The summed E-state index contributed by atoms with van der Waals surface area (Å²) < 4.78 is 5.72. The van der Waals surface area contributed by atoms with E-state index in [1.807, 2.05) is 12.1 Å². The van der Waals surface area contributed by atoms with Gasteiger partial charge in [-0.25, -0.2) is 0 Å². The maximum absolute atomic E-state index is 9.06. The third-order valence-electron chi connectivity index (χ3n) is 3.10. The molecule has 2 saturated heterocycles. The van der Waals surface area contributed by atoms with Gasteiger partial charge in [0.1, 0.15) is 0 Å². The first-order valence-corrected chi connectivity index (χ1v) is 4.95. The fraction of sp³-hybridized carbons (Fsp3) is 0.364. The molecule has 15 heavy (non-hydrogen) atoms. The molecule has 1 aromatic rings. The van der Waals surface area contributed by atoms with Crippen molar-refractivity contribution in [2.24, 2.45) is 0 Å². The Morgan fingerprint density at radius 3 is 3.00 bits per heavy atom. The Balaban J connectivity index is 2.09. The number of nitrogen functional groups attached to an aromatic ring is 1. The number of ether oxygens (including phenoxy) is 1. The predicted octanol–water partition coefficient (Wildman–Crippen LogP) is 0.639. The number of benzene rings is 1. The van der Waals surface area contributed by atoms with Gasteiger partial charge in [0.15, 0.2) is 5.72 Å². The van der Waals surface area contributed by atoms with Gasteiger partial charge >= 0.3 is 0 Å². The minimum absolute atomic E-state index is 0.307. The number of anilines is 1. The van der Waals surface area contributed by atoms with Gasteiger partial charge in [0.25, 0.3) is 0 Å². The van der Waals surface area contributed by atoms with Gasteiger partial charge in [-0.15, -0.1) is 0 Å². The lowest BCUT2D eigenvalue weighted by atomic mass is 10.0. The molecule has 3 rings (SSSR count). The second-order valence-electron chi connectivity index (χ2n) is 3.97. The highest BCUT2D eigenvalue weighted by atomic mass is 16.5. The van der Waals surface area contributed by atoms with Crippen molar-refractivity contribution in [1.29, 1.82) is 5.26 Å². The standard InChI is InChI=1S/C11H11N3O/c12-6-8-5-9(13)1-2-10(8)11-7-14(11)3-4-15-11/h1-2,5H,3-4,7,13H2. The summed E-state index contributed by atoms with van der Waals surface area (Å²) in [4.78, 5) is 2.22. The summed E-state index contributed by atoms with van der Waals surface area (Å²) in [6, 6.07) is 7.61. The molecule has 0 bridgehead atoms. The van der Waals surface area contributed by atoms with Crippen LogP contribution in [0.5, 0.6) is 0 Å². The molecule has 1 aromatic carbocycles. The van der Waals surface area contributed by atoms with Crippen molar-refractivity contribution in [2.45, 2.75) is 5.72 Å². The van der Waals surface area contributed by atoms with E-state index in [0.717, 1.165) is 25.3 Å². The molecule has 2 unspecified atom stereocenters. The Morgan fingerprint density at radius 1 is 1.53 bits per heavy atom. The van der Waals surface area contributed by atoms with E-state index in [4.69, 9.17) is 15.7 Å². The summed E-state index contributed by atoms with van der Waals surface area (Å²) in [7, 11) is 0. The number of nitrogens with zero attached hydrogens (tertiary/aromatic N) is 2. The molecule has 76 valence electrons. The van der Waals surface area contributed by atoms with Crippen LogP contribution in [-0.4, -0.2) is 24.6 Å². The molecular weight excluding hydrogens is 190 g/mol. The number of nitrogens with two attached hydrogens (primary N) is 1. The summed E-state index contributed by atoms with van der Waals surface area (Å²) >= 11 is 0. The van der Waals surface area contributed by atoms with Gasteiger partial charge in [0.2, 0.25) is 0 Å². The Morgan fingerprint density at radius 2 is 2.40 bits per heavy atom. The van der Waals surface area contributed by atoms with E-state index in [9.17, 15) is 0 Å². The minimum Gasteiger partial charge on any atom is -0.399 e. The van der Waals surface area contributed by atoms with Gasteiger partial charge in [0.05, 0.1) is 18.2 Å². The molecule has 2 atom stereocenters. The van der Waals surface area contributed by atoms with Crippen LogP contribution in [0.15, 0.2) is 18.2 Å². The zero-order chi connectivity index (χ0) is 10.5. The molecule has 2 aliphatic heterocycles. The SMILES string of the molecule is N#Cc1cc(N)ccc1C12CN1CCO2. The van der Waals surface area contributed by atoms with Crippen LogP contribution in [0.2, 0.25) is 0 Å². The lowest BCUT2D eigenvalue weighted by Gasteiger charge is -2.13. The number of fused-ring (bicyclic) bond motifs is 1. The highest BCUT2D eigenvalue weighted by Crippen LogP contribution is 2.48. The van der Waals surface area contributed by atoms with E-state index in [1.54, 1.807) is 6.07 Å². The van der Waals surface area contributed by atoms with E-state index in [2.05, 4.69) is 11.0 Å². The molecule has 0 spiro atoms. The van der Waals surface area contributed by atoms with Gasteiger partial charge in [-0.2, -0.15) is 5.26 Å². The number of rotatable bonds is 1. The Labute approximate surface area is 87.9 Å². The molecule has 2 aliphatic rings. The quantitative estimate of drug-likeness (QED) is 0.535. The van der Waals surface area contributed by atoms with Gasteiger partial charge in [-0.1, -0.05) is 6.07 Å². The molecular formula is C11H11N3O. The van der Waals surface area contributed by atoms with Crippen LogP contribution in [0.1, 0.15) is 11.1 Å². The third-order valence-corrected chi connectivity index (χ3v) is 3.10. The van der Waals surface area contributed by atoms with Crippen LogP contribution in [0.25, 0.3) is 0 Å². The van der Waals surface area contributed by atoms with Crippen molar-refractivity contribution in [3.05, 3.63) is 29.3 Å². The third kappa shape index (κ3) is 1.08. The van der Waals surface area contributed by atoms with Crippen LogP contribution in [0.3, 0.4) is 0 Å². The average Bonchev–Trinajstić information content (AvgIpc) is 2.81. The van der Waals surface area contributed by atoms with Crippen LogP contribution in [0, 0.1) is 11.3 Å². The number of nitriles is 1. The molecule has 2 fully saturated rings. The van der Waals surface area contributed by atoms with Gasteiger partial charge < -0.3 is 10.5 Å². The second-order valence-corrected chi connectivity index (χ2v) is 3.97. The molecule has 4 nitrogen and oxygen atoms in total. The van der Waals surface area contributed by atoms with Crippen LogP contribution in [-0.2, 0) is 10.5 Å². The number of hydrogen-bond acceptors (Lipinski definition) is 4. The average molecular weight is 201 g/mol. The van der Waals surface area contributed by atoms with E-state index in [-0.39, 0.29) is 5.72 Å². The van der Waals surface area contributed by atoms with Crippen molar-refractivity contribution in [1.82, 2.24) is 4.90 Å². The Hall–Kier alpha value is -1.57. The van der Waals surface area contributed by atoms with Crippen molar-refractivity contribution in [2.75, 3.05) is 25.4 Å². The maximum Gasteiger partial charge on any atom is 0.162 e. The lowest BCUT2D eigenvalue weighted by molar-refractivity contribution is 0.0586. The van der Waals surface area contributed by atoms with Crippen LogP contribution < -0.4 is 5.73 Å². The molecule has 4 heteroatoms. The van der Waals surface area contributed by atoms with Gasteiger partial charge in [0, 0.05) is 24.3 Å². The van der Waals surface area contributed by atoms with Crippen molar-refractivity contribution >= 4 is 5.69 Å². The Bertz CT molecular complexity index is 465. The van der Waals surface area contributed by atoms with Gasteiger partial charge in [-0.05, 0) is 12.1 Å². The summed E-state index contributed by atoms with van der Waals surface area (Å²) in [5.74, 6) is 0. The van der Waals surface area contributed by atoms with E-state index in [1.165, 1.54) is 0 Å². The molecule has 0 radical (unpaired) electrons. The highest BCUT2D eigenvalue weighted by Gasteiger charge is 2.59. The molecule has 2 heterocycles. The summed E-state index contributed by atoms with van der Waals surface area (Å²) in [5.41, 5.74) is 7.55. The Kier molecular flexibility index (Phi) is 1.58. The van der Waals surface area contributed by atoms with Gasteiger partial charge in [-0.3, -0.25) is 4.90 Å². The molecule has 0 aromatic heterocycles. The number of morpholine rings is 1. The van der Waals surface area contributed by atoms with E-state index >= 15 is 0 Å². The van der Waals surface area contributed by atoms with E-state index in [0.29, 0.717) is 11.3 Å². The summed E-state index contributed by atoms with van der Waals surface area (Å²) in [6.07, 6.45) is 0. The summed E-state index contributed by atoms with van der Waals surface area (Å²) in [5, 5.41) is 9.06. The second kappa shape index (κ2) is 2.72. The lowest BCUT2D eigenvalue weighted by Crippen LogP contribution is -2.14. The fourth-order valence-electron chi connectivity index (χ4n) is 2.27.